The third-order valence-corrected chi connectivity index (χ3v) is 10.00. The van der Waals surface area contributed by atoms with Crippen molar-refractivity contribution in [3.8, 4) is 33.6 Å². The number of hydrogen-bond donors (Lipinski definition) is 1. The molecule has 252 valence electrons. The van der Waals surface area contributed by atoms with E-state index in [4.69, 9.17) is 9.98 Å². The minimum absolute atomic E-state index is 0.0516. The van der Waals surface area contributed by atoms with Gasteiger partial charge in [-0.05, 0) is 102 Å². The van der Waals surface area contributed by atoms with Crippen LogP contribution in [0.25, 0.3) is 67.7 Å². The van der Waals surface area contributed by atoms with Gasteiger partial charge in [0.2, 0.25) is 0 Å². The number of fused-ring (bicyclic) bond motifs is 6. The van der Waals surface area contributed by atoms with Crippen LogP contribution in [-0.4, -0.2) is 43.7 Å². The van der Waals surface area contributed by atoms with Crippen molar-refractivity contribution in [3.05, 3.63) is 162 Å². The van der Waals surface area contributed by atoms with E-state index in [1.54, 1.807) is 6.34 Å². The van der Waals surface area contributed by atoms with E-state index >= 15 is 0 Å². The van der Waals surface area contributed by atoms with Gasteiger partial charge in [0.1, 0.15) is 11.8 Å². The molecule has 0 radical (unpaired) electrons. The largest absolute Gasteiger partial charge is 0.355 e. The van der Waals surface area contributed by atoms with Crippen molar-refractivity contribution in [1.82, 2.24) is 24.4 Å². The summed E-state index contributed by atoms with van der Waals surface area (Å²) in [5.74, 6) is 0.665. The molecule has 1 atom stereocenters. The molecule has 0 saturated heterocycles. The predicted molar refractivity (Wildman–Crippen MR) is 216 cm³/mol. The second-order valence-electron chi connectivity index (χ2n) is 13.3. The first-order valence-corrected chi connectivity index (χ1v) is 17.7. The number of aromatic nitrogens is 4. The maximum atomic E-state index is 5.04. The number of nitrogens with zero attached hydrogens (tertiary/aromatic N) is 7. The summed E-state index contributed by atoms with van der Waals surface area (Å²) < 4.78 is 4.57. The molecule has 1 aliphatic carbocycles. The van der Waals surface area contributed by atoms with Gasteiger partial charge in [-0.15, -0.1) is 5.73 Å². The Hall–Kier alpha value is -7.15. The van der Waals surface area contributed by atoms with Crippen LogP contribution in [-0.2, 0) is 6.42 Å². The number of nitrogens with one attached hydrogen (secondary N) is 1. The molecule has 6 heterocycles. The molecular formula is C45H32N8. The number of aliphatic imine (C=N–C) groups is 3. The quantitative estimate of drug-likeness (QED) is 0.184. The van der Waals surface area contributed by atoms with E-state index in [0.29, 0.717) is 5.84 Å². The first kappa shape index (κ1) is 30.7. The number of rotatable bonds is 5. The van der Waals surface area contributed by atoms with Crippen LogP contribution in [0.4, 0.5) is 0 Å². The average Bonchev–Trinajstić information content (AvgIpc) is 3.39. The Bertz CT molecular complexity index is 2840. The van der Waals surface area contributed by atoms with Gasteiger partial charge in [-0.2, -0.15) is 0 Å². The summed E-state index contributed by atoms with van der Waals surface area (Å²) in [5.41, 5.74) is 17.2. The van der Waals surface area contributed by atoms with Crippen LogP contribution in [0.15, 0.2) is 149 Å². The van der Waals surface area contributed by atoms with Crippen molar-refractivity contribution in [1.29, 1.82) is 0 Å². The van der Waals surface area contributed by atoms with Crippen LogP contribution in [0.3, 0.4) is 0 Å². The lowest BCUT2D eigenvalue weighted by Gasteiger charge is -2.14. The molecular weight excluding hydrogens is 653 g/mol. The number of amidine groups is 1. The van der Waals surface area contributed by atoms with Crippen molar-refractivity contribution in [2.24, 2.45) is 15.0 Å². The predicted octanol–water partition coefficient (Wildman–Crippen LogP) is 9.11. The summed E-state index contributed by atoms with van der Waals surface area (Å²) in [5, 5.41) is 5.34. The van der Waals surface area contributed by atoms with E-state index in [2.05, 4.69) is 126 Å². The minimum atomic E-state index is -0.0516. The fraction of sp³-hybridized carbons (Fsp3) is 0.0667. The van der Waals surface area contributed by atoms with E-state index in [1.165, 1.54) is 10.9 Å². The van der Waals surface area contributed by atoms with Crippen LogP contribution < -0.4 is 5.32 Å². The van der Waals surface area contributed by atoms with Crippen LogP contribution in [0, 0.1) is 0 Å². The van der Waals surface area contributed by atoms with Crippen LogP contribution in [0.2, 0.25) is 0 Å². The van der Waals surface area contributed by atoms with Crippen molar-refractivity contribution in [2.75, 3.05) is 0 Å². The monoisotopic (exact) mass is 684 g/mol. The van der Waals surface area contributed by atoms with Gasteiger partial charge in [0.25, 0.3) is 0 Å². The lowest BCUT2D eigenvalue weighted by atomic mass is 9.98. The summed E-state index contributed by atoms with van der Waals surface area (Å²) in [6.45, 7) is 2.00. The molecule has 3 aliphatic rings. The standard InChI is InChI=1S/C45H32N8/c1-29-49-28-50-44(51-29)34-23-40-38-14-3-2-4-16-41(38)53(45(40)48-26-34)36-13-6-12-35(24-36)52-42-18-17-32(22-39(42)37-15-8-20-47-27-43(37)52)30-9-5-10-31(21-30)33-11-7-19-46-25-33/h2,4-14,16-29H,15H2,1H3,(H,49,50,51). The van der Waals surface area contributed by atoms with Gasteiger partial charge in [0.15, 0.2) is 5.84 Å². The third kappa shape index (κ3) is 5.28. The highest BCUT2D eigenvalue weighted by Crippen LogP contribution is 2.37. The van der Waals surface area contributed by atoms with Gasteiger partial charge >= 0.3 is 0 Å². The Labute approximate surface area is 306 Å². The van der Waals surface area contributed by atoms with Gasteiger partial charge in [-0.25, -0.2) is 15.0 Å². The molecule has 0 bridgehead atoms. The Kier molecular flexibility index (Phi) is 7.27. The first-order valence-electron chi connectivity index (χ1n) is 17.7. The highest BCUT2D eigenvalue weighted by molar-refractivity contribution is 6.07. The normalized spacial score (nSPS) is 15.6. The molecule has 53 heavy (non-hydrogen) atoms. The van der Waals surface area contributed by atoms with Gasteiger partial charge < -0.3 is 9.88 Å². The van der Waals surface area contributed by atoms with Crippen molar-refractivity contribution >= 4 is 52.5 Å². The number of hydrogen-bond acceptors (Lipinski definition) is 6. The number of benzene rings is 3. The molecule has 0 fully saturated rings. The molecule has 0 spiro atoms. The molecule has 8 heteroatoms. The molecule has 7 aromatic rings. The van der Waals surface area contributed by atoms with E-state index in [9.17, 15) is 0 Å². The first-order chi connectivity index (χ1) is 26.2. The Morgan fingerprint density at radius 1 is 0.792 bits per heavy atom. The van der Waals surface area contributed by atoms with Gasteiger partial charge in [0, 0.05) is 63.6 Å². The molecule has 3 aromatic carbocycles. The lowest BCUT2D eigenvalue weighted by molar-refractivity contribution is 0.700. The Balaban J connectivity index is 1.12. The molecule has 8 nitrogen and oxygen atoms in total. The summed E-state index contributed by atoms with van der Waals surface area (Å²) in [6, 6.07) is 30.3. The van der Waals surface area contributed by atoms with Crippen molar-refractivity contribution in [3.63, 3.8) is 0 Å². The van der Waals surface area contributed by atoms with Gasteiger partial charge in [-0.1, -0.05) is 48.6 Å². The number of allylic oxidation sites excluding steroid dienone is 3. The third-order valence-electron chi connectivity index (χ3n) is 10.00. The van der Waals surface area contributed by atoms with E-state index in [0.717, 1.165) is 79.1 Å². The molecule has 2 aliphatic heterocycles. The molecule has 1 N–H and O–H groups in total. The number of pyridine rings is 2. The molecule has 0 saturated carbocycles. The SMILES string of the molecule is CC1N=C(c2cnc3c(c2)c2c(n3-c3cccc(-n4c5c(c6cc(-c7cccc(-c8cccnc8)c7)ccc64)CC=CN=C5)c3)C=CC=C=C2)N=CN1. The van der Waals surface area contributed by atoms with Gasteiger partial charge in [0.05, 0.1) is 29.5 Å². The van der Waals surface area contributed by atoms with Crippen LogP contribution >= 0.6 is 0 Å². The highest BCUT2D eigenvalue weighted by Gasteiger charge is 2.22. The van der Waals surface area contributed by atoms with Crippen molar-refractivity contribution < 1.29 is 0 Å². The lowest BCUT2D eigenvalue weighted by Crippen LogP contribution is -2.28. The average molecular weight is 685 g/mol. The zero-order valence-corrected chi connectivity index (χ0v) is 28.8. The molecule has 1 unspecified atom stereocenters. The summed E-state index contributed by atoms with van der Waals surface area (Å²) in [4.78, 5) is 23.2. The zero-order chi connectivity index (χ0) is 35.3. The minimum Gasteiger partial charge on any atom is -0.355 e. The zero-order valence-electron chi connectivity index (χ0n) is 28.8. The second-order valence-corrected chi connectivity index (χ2v) is 13.3. The van der Waals surface area contributed by atoms with E-state index < -0.39 is 0 Å². The fourth-order valence-corrected chi connectivity index (χ4v) is 7.55. The summed E-state index contributed by atoms with van der Waals surface area (Å²) in [7, 11) is 0. The maximum absolute atomic E-state index is 5.04. The van der Waals surface area contributed by atoms with Gasteiger partial charge in [-0.3, -0.25) is 14.5 Å². The summed E-state index contributed by atoms with van der Waals surface area (Å²) in [6.07, 6.45) is 22.2. The smallest absolute Gasteiger partial charge is 0.159 e. The summed E-state index contributed by atoms with van der Waals surface area (Å²) >= 11 is 0. The highest BCUT2D eigenvalue weighted by atomic mass is 15.2. The van der Waals surface area contributed by atoms with E-state index in [-0.39, 0.29) is 6.17 Å². The Morgan fingerprint density at radius 2 is 1.62 bits per heavy atom. The molecule has 10 rings (SSSR count). The van der Waals surface area contributed by atoms with E-state index in [1.807, 2.05) is 62.2 Å². The fourth-order valence-electron chi connectivity index (χ4n) is 7.55. The topological polar surface area (TPSA) is 84.8 Å². The Morgan fingerprint density at radius 3 is 2.51 bits per heavy atom. The molecule has 4 aromatic heterocycles. The molecule has 0 amide bonds. The van der Waals surface area contributed by atoms with Crippen LogP contribution in [0.5, 0.6) is 0 Å². The second kappa shape index (κ2) is 12.6. The maximum Gasteiger partial charge on any atom is 0.159 e. The van der Waals surface area contributed by atoms with Crippen molar-refractivity contribution in [2.45, 2.75) is 19.5 Å². The van der Waals surface area contributed by atoms with Crippen LogP contribution in [0.1, 0.15) is 35.0 Å².